The summed E-state index contributed by atoms with van der Waals surface area (Å²) in [6.07, 6.45) is 1.31. The molecule has 0 aliphatic heterocycles. The van der Waals surface area contributed by atoms with Crippen LogP contribution in [0, 0.1) is 17.6 Å². The molecule has 2 aromatic rings. The molecule has 0 bridgehead atoms. The number of hydrogen-bond acceptors (Lipinski definition) is 1. The lowest BCUT2D eigenvalue weighted by Gasteiger charge is -2.16. The average molecular weight is 296 g/mol. The number of nitrogens with two attached hydrogens (primary N) is 1. The monoisotopic (exact) mass is 295 g/mol. The van der Waals surface area contributed by atoms with Crippen molar-refractivity contribution in [2.75, 3.05) is 6.54 Å². The van der Waals surface area contributed by atoms with E-state index in [4.69, 9.17) is 17.3 Å². The van der Waals surface area contributed by atoms with E-state index in [0.29, 0.717) is 18.0 Å². The maximum Gasteiger partial charge on any atom is 0.159 e. The summed E-state index contributed by atoms with van der Waals surface area (Å²) in [5.74, 6) is -1.51. The summed E-state index contributed by atoms with van der Waals surface area (Å²) in [6.45, 7) is 0.463. The molecule has 1 nitrogen and oxygen atoms in total. The van der Waals surface area contributed by atoms with Gasteiger partial charge in [0, 0.05) is 5.02 Å². The molecule has 0 fully saturated rings. The van der Waals surface area contributed by atoms with Crippen molar-refractivity contribution >= 4 is 11.6 Å². The normalized spacial score (nSPS) is 12.4. The largest absolute Gasteiger partial charge is 0.330 e. The second kappa shape index (κ2) is 6.82. The fraction of sp³-hybridized carbons (Fsp3) is 0.250. The van der Waals surface area contributed by atoms with Gasteiger partial charge in [-0.1, -0.05) is 35.9 Å². The molecule has 0 spiro atoms. The number of halogens is 3. The van der Waals surface area contributed by atoms with Gasteiger partial charge in [0.15, 0.2) is 11.6 Å². The van der Waals surface area contributed by atoms with Crippen LogP contribution in [0.5, 0.6) is 0 Å². The summed E-state index contributed by atoms with van der Waals surface area (Å²) >= 11 is 6.12. The van der Waals surface area contributed by atoms with Crippen LogP contribution in [0.15, 0.2) is 42.5 Å². The minimum Gasteiger partial charge on any atom is -0.330 e. The van der Waals surface area contributed by atoms with Crippen molar-refractivity contribution in [1.82, 2.24) is 0 Å². The molecule has 0 heterocycles. The van der Waals surface area contributed by atoms with Crippen LogP contribution >= 0.6 is 11.6 Å². The van der Waals surface area contributed by atoms with E-state index in [9.17, 15) is 8.78 Å². The van der Waals surface area contributed by atoms with Crippen LogP contribution in [0.2, 0.25) is 5.02 Å². The molecule has 2 rings (SSSR count). The molecule has 1 unspecified atom stereocenters. The second-order valence-corrected chi connectivity index (χ2v) is 5.26. The van der Waals surface area contributed by atoms with Crippen molar-refractivity contribution in [2.24, 2.45) is 11.7 Å². The van der Waals surface area contributed by atoms with Gasteiger partial charge in [0.2, 0.25) is 0 Å². The molecule has 0 aromatic heterocycles. The summed E-state index contributed by atoms with van der Waals surface area (Å²) in [6, 6.07) is 11.6. The first-order valence-electron chi connectivity index (χ1n) is 6.47. The van der Waals surface area contributed by atoms with Gasteiger partial charge >= 0.3 is 0 Å². The molecule has 4 heteroatoms. The van der Waals surface area contributed by atoms with Crippen LogP contribution in [0.4, 0.5) is 8.78 Å². The van der Waals surface area contributed by atoms with E-state index >= 15 is 0 Å². The standard InChI is InChI=1S/C16H16ClF2N/c17-14-4-2-1-3-13(14)8-12(10-20)7-11-5-6-15(18)16(19)9-11/h1-6,9,12H,7-8,10,20H2. The minimum atomic E-state index is -0.829. The van der Waals surface area contributed by atoms with Crippen LogP contribution in [-0.4, -0.2) is 6.54 Å². The summed E-state index contributed by atoms with van der Waals surface area (Å²) in [5.41, 5.74) is 7.54. The van der Waals surface area contributed by atoms with Crippen molar-refractivity contribution < 1.29 is 8.78 Å². The Balaban J connectivity index is 2.09. The predicted octanol–water partition coefficient (Wildman–Crippen LogP) is 3.98. The van der Waals surface area contributed by atoms with Crippen molar-refractivity contribution in [3.05, 3.63) is 70.2 Å². The third-order valence-electron chi connectivity index (χ3n) is 3.31. The zero-order valence-electron chi connectivity index (χ0n) is 11.0. The number of hydrogen-bond donors (Lipinski definition) is 1. The lowest BCUT2D eigenvalue weighted by molar-refractivity contribution is 0.499. The third kappa shape index (κ3) is 3.78. The fourth-order valence-corrected chi connectivity index (χ4v) is 2.43. The Morgan fingerprint density at radius 1 is 1.00 bits per heavy atom. The summed E-state index contributed by atoms with van der Waals surface area (Å²) in [5, 5.41) is 0.705. The van der Waals surface area contributed by atoms with E-state index in [1.165, 1.54) is 6.07 Å². The quantitative estimate of drug-likeness (QED) is 0.887. The smallest absolute Gasteiger partial charge is 0.159 e. The third-order valence-corrected chi connectivity index (χ3v) is 3.68. The van der Waals surface area contributed by atoms with Crippen molar-refractivity contribution in [3.63, 3.8) is 0 Å². The van der Waals surface area contributed by atoms with Gasteiger partial charge in [-0.15, -0.1) is 0 Å². The Hall–Kier alpha value is -1.45. The van der Waals surface area contributed by atoms with E-state index < -0.39 is 11.6 Å². The molecule has 0 aliphatic rings. The highest BCUT2D eigenvalue weighted by molar-refractivity contribution is 6.31. The number of benzene rings is 2. The molecule has 2 aromatic carbocycles. The first-order chi connectivity index (χ1) is 9.60. The van der Waals surface area contributed by atoms with Gasteiger partial charge in [-0.3, -0.25) is 0 Å². The van der Waals surface area contributed by atoms with Crippen LogP contribution in [0.25, 0.3) is 0 Å². The van der Waals surface area contributed by atoms with Gasteiger partial charge in [-0.05, 0) is 54.6 Å². The molecular formula is C16H16ClF2N. The lowest BCUT2D eigenvalue weighted by atomic mass is 9.92. The minimum absolute atomic E-state index is 0.139. The molecule has 1 atom stereocenters. The van der Waals surface area contributed by atoms with Gasteiger partial charge in [0.1, 0.15) is 0 Å². The molecule has 0 radical (unpaired) electrons. The summed E-state index contributed by atoms with van der Waals surface area (Å²) in [7, 11) is 0. The Morgan fingerprint density at radius 3 is 2.40 bits per heavy atom. The van der Waals surface area contributed by atoms with Gasteiger partial charge in [-0.2, -0.15) is 0 Å². The highest BCUT2D eigenvalue weighted by Crippen LogP contribution is 2.21. The van der Waals surface area contributed by atoms with E-state index in [-0.39, 0.29) is 5.92 Å². The SMILES string of the molecule is NCC(Cc1ccc(F)c(F)c1)Cc1ccccc1Cl. The molecule has 0 saturated carbocycles. The Morgan fingerprint density at radius 2 is 1.75 bits per heavy atom. The molecule has 20 heavy (non-hydrogen) atoms. The van der Waals surface area contributed by atoms with Crippen LogP contribution < -0.4 is 5.73 Å². The first kappa shape index (κ1) is 14.9. The maximum absolute atomic E-state index is 13.2. The second-order valence-electron chi connectivity index (χ2n) is 4.85. The van der Waals surface area contributed by atoms with E-state index in [1.807, 2.05) is 24.3 Å². The van der Waals surface area contributed by atoms with E-state index in [0.717, 1.165) is 23.6 Å². The highest BCUT2D eigenvalue weighted by Gasteiger charge is 2.12. The highest BCUT2D eigenvalue weighted by atomic mass is 35.5. The lowest BCUT2D eigenvalue weighted by Crippen LogP contribution is -2.19. The first-order valence-corrected chi connectivity index (χ1v) is 6.85. The van der Waals surface area contributed by atoms with Crippen LogP contribution in [0.1, 0.15) is 11.1 Å². The average Bonchev–Trinajstić information content (AvgIpc) is 2.44. The zero-order valence-corrected chi connectivity index (χ0v) is 11.7. The van der Waals surface area contributed by atoms with Crippen molar-refractivity contribution in [3.8, 4) is 0 Å². The zero-order chi connectivity index (χ0) is 14.5. The maximum atomic E-state index is 13.2. The molecule has 2 N–H and O–H groups in total. The molecule has 106 valence electrons. The van der Waals surface area contributed by atoms with Gasteiger partial charge in [0.05, 0.1) is 0 Å². The number of rotatable bonds is 5. The van der Waals surface area contributed by atoms with E-state index in [2.05, 4.69) is 0 Å². The Bertz CT molecular complexity index is 586. The summed E-state index contributed by atoms with van der Waals surface area (Å²) in [4.78, 5) is 0. The van der Waals surface area contributed by atoms with Crippen LogP contribution in [-0.2, 0) is 12.8 Å². The van der Waals surface area contributed by atoms with Gasteiger partial charge in [-0.25, -0.2) is 8.78 Å². The van der Waals surface area contributed by atoms with Crippen molar-refractivity contribution in [1.29, 1.82) is 0 Å². The predicted molar refractivity (Wildman–Crippen MR) is 77.8 cm³/mol. The summed E-state index contributed by atoms with van der Waals surface area (Å²) < 4.78 is 26.1. The Labute approximate surface area is 122 Å². The Kier molecular flexibility index (Phi) is 5.10. The topological polar surface area (TPSA) is 26.0 Å². The molecule has 0 saturated heterocycles. The van der Waals surface area contributed by atoms with Crippen molar-refractivity contribution in [2.45, 2.75) is 12.8 Å². The molecular weight excluding hydrogens is 280 g/mol. The molecule has 0 aliphatic carbocycles. The van der Waals surface area contributed by atoms with Crippen LogP contribution in [0.3, 0.4) is 0 Å². The van der Waals surface area contributed by atoms with Gasteiger partial charge < -0.3 is 5.73 Å². The van der Waals surface area contributed by atoms with Gasteiger partial charge in [0.25, 0.3) is 0 Å². The fourth-order valence-electron chi connectivity index (χ4n) is 2.21. The molecule has 0 amide bonds. The van der Waals surface area contributed by atoms with E-state index in [1.54, 1.807) is 6.07 Å².